The number of nitrogens with one attached hydrogen (secondary N) is 1. The lowest BCUT2D eigenvalue weighted by molar-refractivity contribution is 0.0215. The topological polar surface area (TPSA) is 50.2 Å². The second-order valence-electron chi connectivity index (χ2n) is 7.12. The van der Waals surface area contributed by atoms with Crippen molar-refractivity contribution in [2.75, 3.05) is 13.1 Å². The van der Waals surface area contributed by atoms with Crippen LogP contribution in [0.2, 0.25) is 0 Å². The quantitative estimate of drug-likeness (QED) is 0.872. The molecule has 0 spiro atoms. The molecule has 3 aliphatic heterocycles. The molecule has 5 heterocycles. The van der Waals surface area contributed by atoms with Crippen LogP contribution in [0.3, 0.4) is 0 Å². The van der Waals surface area contributed by atoms with Crippen molar-refractivity contribution in [1.29, 1.82) is 0 Å². The van der Waals surface area contributed by atoms with Crippen molar-refractivity contribution in [2.24, 2.45) is 13.0 Å². The van der Waals surface area contributed by atoms with Gasteiger partial charge in [0.05, 0.1) is 11.3 Å². The SMILES string of the molecule is C[C@H]1[C@H](NC(=O)c2ccc(-c3cccnc3F)n2C)C2CCN1CC2. The van der Waals surface area contributed by atoms with Gasteiger partial charge in [-0.2, -0.15) is 4.39 Å². The van der Waals surface area contributed by atoms with E-state index in [2.05, 4.69) is 22.1 Å². The maximum Gasteiger partial charge on any atom is 0.268 e. The first-order valence-corrected chi connectivity index (χ1v) is 8.88. The van der Waals surface area contributed by atoms with Gasteiger partial charge in [0.25, 0.3) is 5.91 Å². The highest BCUT2D eigenvalue weighted by molar-refractivity contribution is 5.94. The minimum absolute atomic E-state index is 0.0938. The van der Waals surface area contributed by atoms with Crippen molar-refractivity contribution >= 4 is 5.91 Å². The maximum absolute atomic E-state index is 14.0. The molecule has 6 heteroatoms. The Balaban J connectivity index is 1.57. The summed E-state index contributed by atoms with van der Waals surface area (Å²) in [5, 5.41) is 3.23. The van der Waals surface area contributed by atoms with E-state index in [9.17, 15) is 9.18 Å². The monoisotopic (exact) mass is 342 g/mol. The Morgan fingerprint density at radius 3 is 2.72 bits per heavy atom. The molecule has 0 unspecified atom stereocenters. The van der Waals surface area contributed by atoms with Gasteiger partial charge in [0.1, 0.15) is 5.69 Å². The Hall–Kier alpha value is -2.21. The maximum atomic E-state index is 14.0. The summed E-state index contributed by atoms with van der Waals surface area (Å²) in [4.78, 5) is 19.0. The Kier molecular flexibility index (Phi) is 4.07. The fourth-order valence-corrected chi connectivity index (χ4v) is 4.36. The van der Waals surface area contributed by atoms with Crippen LogP contribution in [0.25, 0.3) is 11.3 Å². The van der Waals surface area contributed by atoms with E-state index < -0.39 is 5.95 Å². The molecule has 3 aliphatic rings. The minimum Gasteiger partial charge on any atom is -0.346 e. The number of carbonyl (C=O) groups excluding carboxylic acids is 1. The number of rotatable bonds is 3. The molecule has 132 valence electrons. The molecule has 5 nitrogen and oxygen atoms in total. The lowest BCUT2D eigenvalue weighted by atomic mass is 9.79. The molecule has 5 rings (SSSR count). The van der Waals surface area contributed by atoms with E-state index in [4.69, 9.17) is 0 Å². The molecule has 0 saturated carbocycles. The zero-order valence-corrected chi connectivity index (χ0v) is 14.6. The Morgan fingerprint density at radius 2 is 2.04 bits per heavy atom. The first kappa shape index (κ1) is 16.3. The normalized spacial score (nSPS) is 28.1. The third kappa shape index (κ3) is 2.74. The molecule has 2 aromatic heterocycles. The first-order valence-electron chi connectivity index (χ1n) is 8.88. The molecule has 2 atom stereocenters. The molecular weight excluding hydrogens is 319 g/mol. The third-order valence-electron chi connectivity index (χ3n) is 5.86. The van der Waals surface area contributed by atoms with Crippen molar-refractivity contribution in [3.05, 3.63) is 42.1 Å². The summed E-state index contributed by atoms with van der Waals surface area (Å²) in [6, 6.07) is 7.45. The first-order chi connectivity index (χ1) is 12.1. The summed E-state index contributed by atoms with van der Waals surface area (Å²) >= 11 is 0. The molecule has 0 radical (unpaired) electrons. The number of piperidine rings is 3. The molecule has 1 amide bonds. The summed E-state index contributed by atoms with van der Waals surface area (Å²) in [5.74, 6) is -0.0650. The zero-order chi connectivity index (χ0) is 17.6. The predicted molar refractivity (Wildman–Crippen MR) is 93.6 cm³/mol. The molecule has 0 aromatic carbocycles. The van der Waals surface area contributed by atoms with E-state index >= 15 is 0 Å². The smallest absolute Gasteiger partial charge is 0.268 e. The molecule has 2 bridgehead atoms. The molecule has 1 N–H and O–H groups in total. The number of amides is 1. The van der Waals surface area contributed by atoms with Gasteiger partial charge >= 0.3 is 0 Å². The van der Waals surface area contributed by atoms with Crippen LogP contribution in [0.1, 0.15) is 30.3 Å². The summed E-state index contributed by atoms with van der Waals surface area (Å²) < 4.78 is 15.7. The number of pyridine rings is 1. The van der Waals surface area contributed by atoms with Gasteiger partial charge in [-0.05, 0) is 63.0 Å². The minimum atomic E-state index is -0.526. The fourth-order valence-electron chi connectivity index (χ4n) is 4.36. The summed E-state index contributed by atoms with van der Waals surface area (Å²) in [7, 11) is 1.79. The summed E-state index contributed by atoms with van der Waals surface area (Å²) in [6.45, 7) is 4.46. The standard InChI is InChI=1S/C19H23FN4O/c1-12-17(13-7-10-24(12)11-8-13)22-19(25)16-6-5-15(23(16)2)14-4-3-9-21-18(14)20/h3-6,9,12-13,17H,7-8,10-11H2,1-2H3,(H,22,25)/t12-,17-/m0/s1. The van der Waals surface area contributed by atoms with Crippen LogP contribution in [0.15, 0.2) is 30.5 Å². The number of aromatic nitrogens is 2. The van der Waals surface area contributed by atoms with Crippen LogP contribution in [-0.4, -0.2) is 45.5 Å². The van der Waals surface area contributed by atoms with E-state index in [1.807, 2.05) is 0 Å². The van der Waals surface area contributed by atoms with Gasteiger partial charge in [-0.1, -0.05) is 0 Å². The Labute approximate surface area is 146 Å². The molecule has 3 fully saturated rings. The van der Waals surface area contributed by atoms with Gasteiger partial charge < -0.3 is 9.88 Å². The number of fused-ring (bicyclic) bond motifs is 3. The average Bonchev–Trinajstić information content (AvgIpc) is 3.00. The summed E-state index contributed by atoms with van der Waals surface area (Å²) in [5.41, 5.74) is 1.60. The largest absolute Gasteiger partial charge is 0.346 e. The van der Waals surface area contributed by atoms with Crippen molar-refractivity contribution in [3.8, 4) is 11.3 Å². The van der Waals surface area contributed by atoms with Crippen LogP contribution in [-0.2, 0) is 7.05 Å². The second-order valence-corrected chi connectivity index (χ2v) is 7.12. The Bertz CT molecular complexity index is 792. The van der Waals surface area contributed by atoms with Crippen LogP contribution in [0.5, 0.6) is 0 Å². The van der Waals surface area contributed by atoms with Gasteiger partial charge in [-0.25, -0.2) is 4.98 Å². The molecule has 3 saturated heterocycles. The van der Waals surface area contributed by atoms with Crippen molar-refractivity contribution in [1.82, 2.24) is 19.8 Å². The number of hydrogen-bond donors (Lipinski definition) is 1. The van der Waals surface area contributed by atoms with Crippen LogP contribution >= 0.6 is 0 Å². The van der Waals surface area contributed by atoms with Crippen LogP contribution < -0.4 is 5.32 Å². The van der Waals surface area contributed by atoms with Crippen LogP contribution in [0, 0.1) is 11.9 Å². The van der Waals surface area contributed by atoms with E-state index in [0.29, 0.717) is 28.9 Å². The van der Waals surface area contributed by atoms with Gasteiger partial charge in [0.15, 0.2) is 0 Å². The third-order valence-corrected chi connectivity index (χ3v) is 5.86. The average molecular weight is 342 g/mol. The van der Waals surface area contributed by atoms with Gasteiger partial charge in [0, 0.05) is 25.3 Å². The van der Waals surface area contributed by atoms with Gasteiger partial charge in [-0.3, -0.25) is 9.69 Å². The van der Waals surface area contributed by atoms with Crippen molar-refractivity contribution in [3.63, 3.8) is 0 Å². The highest BCUT2D eigenvalue weighted by Gasteiger charge is 2.40. The molecule has 2 aromatic rings. The van der Waals surface area contributed by atoms with E-state index in [0.717, 1.165) is 25.9 Å². The zero-order valence-electron chi connectivity index (χ0n) is 14.6. The van der Waals surface area contributed by atoms with Crippen LogP contribution in [0.4, 0.5) is 4.39 Å². The molecular formula is C19H23FN4O. The highest BCUT2D eigenvalue weighted by atomic mass is 19.1. The van der Waals surface area contributed by atoms with E-state index in [1.54, 1.807) is 35.9 Å². The van der Waals surface area contributed by atoms with Crippen molar-refractivity contribution < 1.29 is 9.18 Å². The fraction of sp³-hybridized carbons (Fsp3) is 0.474. The number of hydrogen-bond acceptors (Lipinski definition) is 3. The number of nitrogens with zero attached hydrogens (tertiary/aromatic N) is 3. The number of halogens is 1. The highest BCUT2D eigenvalue weighted by Crippen LogP contribution is 2.32. The van der Waals surface area contributed by atoms with Crippen molar-refractivity contribution in [2.45, 2.75) is 31.8 Å². The van der Waals surface area contributed by atoms with Gasteiger partial charge in [0.2, 0.25) is 5.95 Å². The lowest BCUT2D eigenvalue weighted by Crippen LogP contribution is -2.62. The second kappa shape index (κ2) is 6.26. The summed E-state index contributed by atoms with van der Waals surface area (Å²) in [6.07, 6.45) is 3.72. The Morgan fingerprint density at radius 1 is 1.28 bits per heavy atom. The predicted octanol–water partition coefficient (Wildman–Crippen LogP) is 2.44. The van der Waals surface area contributed by atoms with Gasteiger partial charge in [-0.15, -0.1) is 0 Å². The van der Waals surface area contributed by atoms with E-state index in [-0.39, 0.29) is 11.9 Å². The molecule has 0 aliphatic carbocycles. The molecule has 25 heavy (non-hydrogen) atoms. The number of carbonyl (C=O) groups is 1. The van der Waals surface area contributed by atoms with E-state index in [1.165, 1.54) is 6.20 Å². The lowest BCUT2D eigenvalue weighted by Gasteiger charge is -2.49.